The second-order valence-corrected chi connectivity index (χ2v) is 7.63. The van der Waals surface area contributed by atoms with Crippen molar-refractivity contribution in [3.8, 4) is 0 Å². The van der Waals surface area contributed by atoms with Crippen molar-refractivity contribution in [2.45, 2.75) is 77.2 Å². The van der Waals surface area contributed by atoms with Crippen LogP contribution >= 0.6 is 0 Å². The first-order valence-corrected chi connectivity index (χ1v) is 7.66. The molecule has 2 fully saturated rings. The Morgan fingerprint density at radius 2 is 1.65 bits per heavy atom. The summed E-state index contributed by atoms with van der Waals surface area (Å²) in [5.41, 5.74) is 6.31. The number of nitrogens with zero attached hydrogens (tertiary/aromatic N) is 1. The van der Waals surface area contributed by atoms with E-state index in [-0.39, 0.29) is 23.5 Å². The lowest BCUT2D eigenvalue weighted by molar-refractivity contribution is -0.156. The van der Waals surface area contributed by atoms with E-state index in [1.54, 1.807) is 4.90 Å². The van der Waals surface area contributed by atoms with Gasteiger partial charge in [-0.3, -0.25) is 4.90 Å². The Morgan fingerprint density at radius 1 is 1.05 bits per heavy atom. The summed E-state index contributed by atoms with van der Waals surface area (Å²) >= 11 is 0. The smallest absolute Gasteiger partial charge is 0.326 e. The minimum absolute atomic E-state index is 0.103. The molecule has 118 valence electrons. The molecule has 2 aliphatic carbocycles. The molecule has 0 heterocycles. The zero-order chi connectivity index (χ0) is 15.1. The van der Waals surface area contributed by atoms with Crippen molar-refractivity contribution in [2.24, 2.45) is 17.1 Å². The van der Waals surface area contributed by atoms with Crippen molar-refractivity contribution in [1.29, 1.82) is 0 Å². The van der Waals surface area contributed by atoms with Crippen molar-refractivity contribution < 1.29 is 13.2 Å². The molecule has 0 radical (unpaired) electrons. The molecule has 0 aliphatic heterocycles. The number of halogens is 3. The average Bonchev–Trinajstić information content (AvgIpc) is 3.07. The SMILES string of the molecule is CC(C)(C)C1CCC(N)C(N(CC(F)(F)F)C2CC2)C1. The van der Waals surface area contributed by atoms with E-state index in [2.05, 4.69) is 20.8 Å². The molecule has 0 saturated heterocycles. The van der Waals surface area contributed by atoms with Gasteiger partial charge in [0.1, 0.15) is 0 Å². The van der Waals surface area contributed by atoms with Crippen molar-refractivity contribution >= 4 is 0 Å². The maximum Gasteiger partial charge on any atom is 0.401 e. The van der Waals surface area contributed by atoms with Crippen LogP contribution in [0.15, 0.2) is 0 Å². The van der Waals surface area contributed by atoms with Gasteiger partial charge in [0.25, 0.3) is 0 Å². The van der Waals surface area contributed by atoms with E-state index >= 15 is 0 Å². The van der Waals surface area contributed by atoms with Gasteiger partial charge in [0.05, 0.1) is 6.54 Å². The molecule has 0 bridgehead atoms. The van der Waals surface area contributed by atoms with E-state index in [0.29, 0.717) is 5.92 Å². The van der Waals surface area contributed by atoms with Gasteiger partial charge in [0.2, 0.25) is 0 Å². The number of rotatable bonds is 3. The topological polar surface area (TPSA) is 29.3 Å². The van der Waals surface area contributed by atoms with Crippen LogP contribution < -0.4 is 5.73 Å². The van der Waals surface area contributed by atoms with Crippen molar-refractivity contribution in [3.63, 3.8) is 0 Å². The Bertz CT molecular complexity index is 331. The number of hydrogen-bond acceptors (Lipinski definition) is 2. The minimum Gasteiger partial charge on any atom is -0.326 e. The van der Waals surface area contributed by atoms with Crippen LogP contribution in [0.3, 0.4) is 0 Å². The van der Waals surface area contributed by atoms with Crippen molar-refractivity contribution in [1.82, 2.24) is 4.90 Å². The second kappa shape index (κ2) is 5.48. The Labute approximate surface area is 119 Å². The van der Waals surface area contributed by atoms with Crippen LogP contribution in [0.2, 0.25) is 0 Å². The number of hydrogen-bond donors (Lipinski definition) is 1. The van der Waals surface area contributed by atoms with Gasteiger partial charge in [0, 0.05) is 18.1 Å². The van der Waals surface area contributed by atoms with E-state index in [1.807, 2.05) is 0 Å². The maximum absolute atomic E-state index is 12.8. The molecule has 0 aromatic heterocycles. The molecule has 3 atom stereocenters. The summed E-state index contributed by atoms with van der Waals surface area (Å²) in [5.74, 6) is 0.460. The fraction of sp³-hybridized carbons (Fsp3) is 1.00. The third-order valence-electron chi connectivity index (χ3n) is 4.90. The molecule has 20 heavy (non-hydrogen) atoms. The molecule has 2 rings (SSSR count). The summed E-state index contributed by atoms with van der Waals surface area (Å²) in [6.45, 7) is 5.73. The van der Waals surface area contributed by atoms with Gasteiger partial charge in [-0.2, -0.15) is 13.2 Å². The summed E-state index contributed by atoms with van der Waals surface area (Å²) in [6, 6.07) is -0.120. The first-order valence-electron chi connectivity index (χ1n) is 7.66. The molecule has 2 N–H and O–H groups in total. The van der Waals surface area contributed by atoms with Crippen molar-refractivity contribution in [3.05, 3.63) is 0 Å². The fourth-order valence-corrected chi connectivity index (χ4v) is 3.47. The first-order chi connectivity index (χ1) is 9.08. The van der Waals surface area contributed by atoms with Gasteiger partial charge in [-0.25, -0.2) is 0 Å². The molecular formula is C15H27F3N2. The highest BCUT2D eigenvalue weighted by atomic mass is 19.4. The predicted molar refractivity (Wildman–Crippen MR) is 74.3 cm³/mol. The van der Waals surface area contributed by atoms with Gasteiger partial charge < -0.3 is 5.73 Å². The van der Waals surface area contributed by atoms with Crippen LogP contribution in [0.1, 0.15) is 52.9 Å². The Balaban J connectivity index is 2.09. The van der Waals surface area contributed by atoms with Crippen LogP contribution in [0, 0.1) is 11.3 Å². The molecule has 2 nitrogen and oxygen atoms in total. The highest BCUT2D eigenvalue weighted by molar-refractivity contribution is 4.98. The monoisotopic (exact) mass is 292 g/mol. The Morgan fingerprint density at radius 3 is 2.10 bits per heavy atom. The summed E-state index contributed by atoms with van der Waals surface area (Å²) in [5, 5.41) is 0. The van der Waals surface area contributed by atoms with Gasteiger partial charge in [-0.1, -0.05) is 20.8 Å². The van der Waals surface area contributed by atoms with Crippen LogP contribution in [-0.4, -0.2) is 35.7 Å². The third-order valence-corrected chi connectivity index (χ3v) is 4.90. The molecule has 0 aromatic carbocycles. The molecule has 0 amide bonds. The Kier molecular flexibility index (Phi) is 4.41. The van der Waals surface area contributed by atoms with Crippen molar-refractivity contribution in [2.75, 3.05) is 6.54 Å². The number of alkyl halides is 3. The minimum atomic E-state index is -4.13. The van der Waals surface area contributed by atoms with E-state index in [1.165, 1.54) is 0 Å². The van der Waals surface area contributed by atoms with Gasteiger partial charge in [-0.15, -0.1) is 0 Å². The van der Waals surface area contributed by atoms with Crippen LogP contribution in [0.25, 0.3) is 0 Å². The van der Waals surface area contributed by atoms with Crippen LogP contribution in [0.4, 0.5) is 13.2 Å². The molecule has 0 spiro atoms. The lowest BCUT2D eigenvalue weighted by Crippen LogP contribution is -2.55. The summed E-state index contributed by atoms with van der Waals surface area (Å²) in [6.07, 6.45) is 0.326. The fourth-order valence-electron chi connectivity index (χ4n) is 3.47. The van der Waals surface area contributed by atoms with Gasteiger partial charge >= 0.3 is 6.18 Å². The second-order valence-electron chi connectivity index (χ2n) is 7.63. The molecule has 5 heteroatoms. The zero-order valence-electron chi connectivity index (χ0n) is 12.7. The largest absolute Gasteiger partial charge is 0.401 e. The molecular weight excluding hydrogens is 265 g/mol. The lowest BCUT2D eigenvalue weighted by Gasteiger charge is -2.45. The molecule has 0 aromatic rings. The lowest BCUT2D eigenvalue weighted by atomic mass is 9.69. The summed E-state index contributed by atoms with van der Waals surface area (Å²) in [7, 11) is 0. The molecule has 3 unspecified atom stereocenters. The summed E-state index contributed by atoms with van der Waals surface area (Å²) in [4.78, 5) is 1.66. The predicted octanol–water partition coefficient (Wildman–Crippen LogP) is 3.56. The van der Waals surface area contributed by atoms with E-state index < -0.39 is 12.7 Å². The molecule has 2 saturated carbocycles. The average molecular weight is 292 g/mol. The molecule has 2 aliphatic rings. The third kappa shape index (κ3) is 4.10. The van der Waals surface area contributed by atoms with E-state index in [0.717, 1.165) is 32.1 Å². The van der Waals surface area contributed by atoms with Crippen LogP contribution in [-0.2, 0) is 0 Å². The standard InChI is InChI=1S/C15H27F3N2/c1-14(2,3)10-4-7-12(19)13(8-10)20(11-5-6-11)9-15(16,17)18/h10-13H,4-9,19H2,1-3H3. The summed E-state index contributed by atoms with van der Waals surface area (Å²) < 4.78 is 38.5. The number of nitrogens with two attached hydrogens (primary N) is 1. The first kappa shape index (κ1) is 16.1. The normalized spacial score (nSPS) is 32.7. The quantitative estimate of drug-likeness (QED) is 0.862. The highest BCUT2D eigenvalue weighted by Crippen LogP contribution is 2.42. The van der Waals surface area contributed by atoms with Gasteiger partial charge in [0.15, 0.2) is 0 Å². The van der Waals surface area contributed by atoms with Crippen LogP contribution in [0.5, 0.6) is 0 Å². The maximum atomic E-state index is 12.8. The van der Waals surface area contributed by atoms with E-state index in [9.17, 15) is 13.2 Å². The van der Waals surface area contributed by atoms with E-state index in [4.69, 9.17) is 5.73 Å². The highest BCUT2D eigenvalue weighted by Gasteiger charge is 2.45. The Hall–Kier alpha value is -0.290. The zero-order valence-corrected chi connectivity index (χ0v) is 12.7. The van der Waals surface area contributed by atoms with Gasteiger partial charge in [-0.05, 0) is 43.4 Å².